The first-order valence-electron chi connectivity index (χ1n) is 5.64. The van der Waals surface area contributed by atoms with Crippen molar-refractivity contribution in [2.45, 2.75) is 32.7 Å². The van der Waals surface area contributed by atoms with E-state index in [9.17, 15) is 4.79 Å². The summed E-state index contributed by atoms with van der Waals surface area (Å²) < 4.78 is 0. The van der Waals surface area contributed by atoms with Crippen molar-refractivity contribution in [2.24, 2.45) is 5.84 Å². The molecule has 5 heteroatoms. The standard InChI is InChI=1S/C12H20N4O/c1-5-12(2,3)16(4)11(17)9-7-6-8-10(14-9)15-13/h6-8H,5,13H2,1-4H3,(H,14,15). The quantitative estimate of drug-likeness (QED) is 0.615. The monoisotopic (exact) mass is 236 g/mol. The number of hydrazine groups is 1. The van der Waals surface area contributed by atoms with Gasteiger partial charge in [0.1, 0.15) is 11.5 Å². The number of rotatable bonds is 4. The molecule has 1 aromatic rings. The molecule has 0 aliphatic carbocycles. The molecule has 0 atom stereocenters. The van der Waals surface area contributed by atoms with Gasteiger partial charge in [0.2, 0.25) is 0 Å². The second-order valence-corrected chi connectivity index (χ2v) is 4.58. The lowest BCUT2D eigenvalue weighted by molar-refractivity contribution is 0.0614. The number of nitrogen functional groups attached to an aromatic ring is 1. The van der Waals surface area contributed by atoms with Crippen molar-refractivity contribution in [1.82, 2.24) is 9.88 Å². The molecule has 0 aromatic carbocycles. The van der Waals surface area contributed by atoms with E-state index >= 15 is 0 Å². The lowest BCUT2D eigenvalue weighted by atomic mass is 9.99. The highest BCUT2D eigenvalue weighted by atomic mass is 16.2. The summed E-state index contributed by atoms with van der Waals surface area (Å²) in [6.45, 7) is 6.10. The van der Waals surface area contributed by atoms with Gasteiger partial charge in [0.25, 0.3) is 5.91 Å². The number of hydrogen-bond acceptors (Lipinski definition) is 4. The van der Waals surface area contributed by atoms with Crippen LogP contribution in [0.4, 0.5) is 5.82 Å². The molecular formula is C12H20N4O. The van der Waals surface area contributed by atoms with Crippen molar-refractivity contribution in [1.29, 1.82) is 0 Å². The van der Waals surface area contributed by atoms with Crippen LogP contribution in [-0.2, 0) is 0 Å². The van der Waals surface area contributed by atoms with E-state index in [0.29, 0.717) is 11.5 Å². The molecule has 1 amide bonds. The molecule has 0 unspecified atom stereocenters. The van der Waals surface area contributed by atoms with Gasteiger partial charge < -0.3 is 10.3 Å². The average molecular weight is 236 g/mol. The Kier molecular flexibility index (Phi) is 4.07. The number of nitrogens with zero attached hydrogens (tertiary/aromatic N) is 2. The van der Waals surface area contributed by atoms with Crippen molar-refractivity contribution in [3.05, 3.63) is 23.9 Å². The highest BCUT2D eigenvalue weighted by Crippen LogP contribution is 2.19. The average Bonchev–Trinajstić information content (AvgIpc) is 2.37. The predicted molar refractivity (Wildman–Crippen MR) is 68.5 cm³/mol. The first kappa shape index (κ1) is 13.4. The molecule has 0 bridgehead atoms. The van der Waals surface area contributed by atoms with E-state index in [1.807, 2.05) is 13.8 Å². The maximum absolute atomic E-state index is 12.2. The van der Waals surface area contributed by atoms with Crippen LogP contribution in [0.25, 0.3) is 0 Å². The fourth-order valence-corrected chi connectivity index (χ4v) is 1.32. The van der Waals surface area contributed by atoms with E-state index in [-0.39, 0.29) is 11.4 Å². The van der Waals surface area contributed by atoms with E-state index in [1.165, 1.54) is 0 Å². The SMILES string of the molecule is CCC(C)(C)N(C)C(=O)c1cccc(NN)n1. The second kappa shape index (κ2) is 5.14. The molecule has 0 aliphatic rings. The number of anilines is 1. The summed E-state index contributed by atoms with van der Waals surface area (Å²) in [6.07, 6.45) is 0.879. The number of nitrogens with one attached hydrogen (secondary N) is 1. The third-order valence-electron chi connectivity index (χ3n) is 3.19. The first-order chi connectivity index (χ1) is 7.92. The van der Waals surface area contributed by atoms with Crippen LogP contribution in [0.1, 0.15) is 37.7 Å². The van der Waals surface area contributed by atoms with Crippen molar-refractivity contribution in [2.75, 3.05) is 12.5 Å². The molecule has 0 radical (unpaired) electrons. The largest absolute Gasteiger partial charge is 0.335 e. The number of carbonyl (C=O) groups excluding carboxylic acids is 1. The van der Waals surface area contributed by atoms with E-state index in [4.69, 9.17) is 5.84 Å². The number of pyridine rings is 1. The van der Waals surface area contributed by atoms with Gasteiger partial charge in [-0.25, -0.2) is 10.8 Å². The summed E-state index contributed by atoms with van der Waals surface area (Å²) in [4.78, 5) is 18.0. The minimum absolute atomic E-state index is 0.103. The Hall–Kier alpha value is -1.62. The third-order valence-corrected chi connectivity index (χ3v) is 3.19. The molecule has 17 heavy (non-hydrogen) atoms. The molecule has 0 saturated carbocycles. The van der Waals surface area contributed by atoms with E-state index in [1.54, 1.807) is 30.1 Å². The van der Waals surface area contributed by atoms with Crippen LogP contribution in [0.5, 0.6) is 0 Å². The predicted octanol–water partition coefficient (Wildman–Crippen LogP) is 1.63. The van der Waals surface area contributed by atoms with Crippen LogP contribution in [-0.4, -0.2) is 28.4 Å². The lowest BCUT2D eigenvalue weighted by Gasteiger charge is -2.34. The molecule has 5 nitrogen and oxygen atoms in total. The van der Waals surface area contributed by atoms with Gasteiger partial charge in [0.05, 0.1) is 0 Å². The topological polar surface area (TPSA) is 71.2 Å². The lowest BCUT2D eigenvalue weighted by Crippen LogP contribution is -2.44. The zero-order chi connectivity index (χ0) is 13.1. The Morgan fingerprint density at radius 1 is 1.53 bits per heavy atom. The Morgan fingerprint density at radius 2 is 2.18 bits per heavy atom. The number of carbonyl (C=O) groups is 1. The minimum atomic E-state index is -0.190. The highest BCUT2D eigenvalue weighted by molar-refractivity contribution is 5.93. The molecule has 1 aromatic heterocycles. The van der Waals surface area contributed by atoms with Crippen molar-refractivity contribution in [3.8, 4) is 0 Å². The zero-order valence-electron chi connectivity index (χ0n) is 10.8. The van der Waals surface area contributed by atoms with Crippen LogP contribution in [0.2, 0.25) is 0 Å². The van der Waals surface area contributed by atoms with E-state index < -0.39 is 0 Å². The molecule has 1 heterocycles. The minimum Gasteiger partial charge on any atom is -0.335 e. The normalized spacial score (nSPS) is 11.1. The van der Waals surface area contributed by atoms with Crippen molar-refractivity contribution < 1.29 is 4.79 Å². The van der Waals surface area contributed by atoms with Crippen LogP contribution >= 0.6 is 0 Å². The Balaban J connectivity index is 2.96. The van der Waals surface area contributed by atoms with Gasteiger partial charge in [-0.3, -0.25) is 4.79 Å². The Morgan fingerprint density at radius 3 is 2.71 bits per heavy atom. The highest BCUT2D eigenvalue weighted by Gasteiger charge is 2.27. The van der Waals surface area contributed by atoms with Gasteiger partial charge >= 0.3 is 0 Å². The molecule has 1 rings (SSSR count). The van der Waals surface area contributed by atoms with Crippen molar-refractivity contribution in [3.63, 3.8) is 0 Å². The van der Waals surface area contributed by atoms with Gasteiger partial charge in [0, 0.05) is 12.6 Å². The third kappa shape index (κ3) is 2.94. The number of amides is 1. The summed E-state index contributed by atoms with van der Waals surface area (Å²) in [6, 6.07) is 5.15. The molecule has 94 valence electrons. The van der Waals surface area contributed by atoms with Gasteiger partial charge in [-0.2, -0.15) is 0 Å². The maximum Gasteiger partial charge on any atom is 0.272 e. The number of nitrogens with two attached hydrogens (primary N) is 1. The summed E-state index contributed by atoms with van der Waals surface area (Å²) in [5.74, 6) is 5.65. The zero-order valence-corrected chi connectivity index (χ0v) is 10.8. The fourth-order valence-electron chi connectivity index (χ4n) is 1.32. The molecule has 0 fully saturated rings. The number of hydrogen-bond donors (Lipinski definition) is 2. The summed E-state index contributed by atoms with van der Waals surface area (Å²) in [5, 5.41) is 0. The fraction of sp³-hybridized carbons (Fsp3) is 0.500. The summed E-state index contributed by atoms with van der Waals surface area (Å²) in [7, 11) is 1.79. The molecule has 0 saturated heterocycles. The van der Waals surface area contributed by atoms with Crippen LogP contribution < -0.4 is 11.3 Å². The van der Waals surface area contributed by atoms with Gasteiger partial charge in [-0.1, -0.05) is 13.0 Å². The van der Waals surface area contributed by atoms with Crippen molar-refractivity contribution >= 4 is 11.7 Å². The van der Waals surface area contributed by atoms with Gasteiger partial charge in [-0.15, -0.1) is 0 Å². The van der Waals surface area contributed by atoms with E-state index in [0.717, 1.165) is 6.42 Å². The number of aromatic nitrogens is 1. The summed E-state index contributed by atoms with van der Waals surface area (Å²) >= 11 is 0. The molecule has 0 spiro atoms. The van der Waals surface area contributed by atoms with E-state index in [2.05, 4.69) is 17.3 Å². The molecular weight excluding hydrogens is 216 g/mol. The van der Waals surface area contributed by atoms with Gasteiger partial charge in [0.15, 0.2) is 0 Å². The van der Waals surface area contributed by atoms with Gasteiger partial charge in [-0.05, 0) is 32.4 Å². The van der Waals surface area contributed by atoms with Crippen LogP contribution in [0, 0.1) is 0 Å². The summed E-state index contributed by atoms with van der Waals surface area (Å²) in [5.41, 5.74) is 2.64. The molecule has 0 aliphatic heterocycles. The smallest absolute Gasteiger partial charge is 0.272 e. The Bertz CT molecular complexity index is 403. The second-order valence-electron chi connectivity index (χ2n) is 4.58. The Labute approximate surface area is 102 Å². The first-order valence-corrected chi connectivity index (χ1v) is 5.64. The maximum atomic E-state index is 12.2. The molecule has 3 N–H and O–H groups in total. The van der Waals surface area contributed by atoms with Crippen LogP contribution in [0.3, 0.4) is 0 Å². The van der Waals surface area contributed by atoms with Crippen LogP contribution in [0.15, 0.2) is 18.2 Å².